The molecule has 0 aromatic heterocycles. The molecule has 1 aromatic carbocycles. The number of likely N-dealkylation sites (tertiary alicyclic amines) is 1. The molecule has 1 fully saturated rings. The van der Waals surface area contributed by atoms with Crippen molar-refractivity contribution in [3.05, 3.63) is 28.2 Å². The number of aliphatic carboxylic acids is 1. The van der Waals surface area contributed by atoms with Crippen LogP contribution in [0.25, 0.3) is 0 Å². The van der Waals surface area contributed by atoms with Crippen LogP contribution in [-0.4, -0.2) is 42.9 Å². The maximum absolute atomic E-state index is 12.6. The molecule has 120 valence electrons. The number of carbonyl (C=O) groups is 2. The Balaban J connectivity index is 2.42. The third-order valence-corrected chi connectivity index (χ3v) is 5.15. The normalized spacial score (nSPS) is 19.0. The molecule has 0 bridgehead atoms. The van der Waals surface area contributed by atoms with Crippen molar-refractivity contribution in [3.8, 4) is 0 Å². The fourth-order valence-electron chi connectivity index (χ4n) is 2.43. The highest BCUT2D eigenvalue weighted by Gasteiger charge is 2.33. The minimum atomic E-state index is -3.94. The zero-order chi connectivity index (χ0) is 16.5. The summed E-state index contributed by atoms with van der Waals surface area (Å²) in [4.78, 5) is 25.0. The number of carboxylic acids is 1. The number of nitrogens with two attached hydrogens (primary N) is 1. The summed E-state index contributed by atoms with van der Waals surface area (Å²) in [6.07, 6.45) is 1.83. The van der Waals surface area contributed by atoms with E-state index in [-0.39, 0.29) is 10.5 Å². The minimum Gasteiger partial charge on any atom is -0.480 e. The lowest BCUT2D eigenvalue weighted by Gasteiger charge is -2.33. The number of hydrogen-bond donors (Lipinski definition) is 2. The molecule has 22 heavy (non-hydrogen) atoms. The van der Waals surface area contributed by atoms with Crippen LogP contribution in [0.4, 0.5) is 0 Å². The summed E-state index contributed by atoms with van der Waals surface area (Å²) >= 11 is 3.19. The van der Waals surface area contributed by atoms with Crippen molar-refractivity contribution >= 4 is 37.8 Å². The van der Waals surface area contributed by atoms with Crippen LogP contribution in [0.15, 0.2) is 27.6 Å². The van der Waals surface area contributed by atoms with Crippen LogP contribution in [0.3, 0.4) is 0 Å². The topological polar surface area (TPSA) is 118 Å². The molecule has 7 nitrogen and oxygen atoms in total. The van der Waals surface area contributed by atoms with Gasteiger partial charge in [0, 0.05) is 11.0 Å². The number of benzene rings is 1. The molecule has 2 rings (SSSR count). The molecule has 9 heteroatoms. The number of piperidine rings is 1. The lowest BCUT2D eigenvalue weighted by atomic mass is 10.0. The SMILES string of the molecule is NS(=O)(=O)c1ccc(Br)c(C(=O)N2CCCC[C@@H]2C(=O)O)c1. The largest absolute Gasteiger partial charge is 0.480 e. The predicted octanol–water partition coefficient (Wildman–Crippen LogP) is 1.18. The van der Waals surface area contributed by atoms with Gasteiger partial charge in [-0.1, -0.05) is 0 Å². The van der Waals surface area contributed by atoms with Gasteiger partial charge in [0.2, 0.25) is 10.0 Å². The van der Waals surface area contributed by atoms with Crippen LogP contribution in [0.2, 0.25) is 0 Å². The molecule has 0 saturated carbocycles. The fraction of sp³-hybridized carbons (Fsp3) is 0.385. The van der Waals surface area contributed by atoms with Gasteiger partial charge in [-0.05, 0) is 53.4 Å². The van der Waals surface area contributed by atoms with Gasteiger partial charge in [0.15, 0.2) is 0 Å². The molecule has 1 saturated heterocycles. The third-order valence-electron chi connectivity index (χ3n) is 3.55. The Morgan fingerprint density at radius 1 is 1.32 bits per heavy atom. The Bertz CT molecular complexity index is 719. The maximum atomic E-state index is 12.6. The Labute approximate surface area is 136 Å². The number of sulfonamides is 1. The monoisotopic (exact) mass is 390 g/mol. The van der Waals surface area contributed by atoms with Crippen molar-refractivity contribution in [2.75, 3.05) is 6.54 Å². The van der Waals surface area contributed by atoms with Gasteiger partial charge in [-0.3, -0.25) is 4.79 Å². The molecule has 0 aliphatic carbocycles. The van der Waals surface area contributed by atoms with E-state index in [0.717, 1.165) is 12.5 Å². The van der Waals surface area contributed by atoms with Crippen LogP contribution in [0, 0.1) is 0 Å². The van der Waals surface area contributed by atoms with E-state index in [2.05, 4.69) is 15.9 Å². The average molecular weight is 391 g/mol. The number of halogens is 1. The van der Waals surface area contributed by atoms with Crippen LogP contribution in [0.1, 0.15) is 29.6 Å². The van der Waals surface area contributed by atoms with Gasteiger partial charge in [0.1, 0.15) is 6.04 Å². The van der Waals surface area contributed by atoms with Crippen molar-refractivity contribution in [2.45, 2.75) is 30.2 Å². The Morgan fingerprint density at radius 3 is 2.59 bits per heavy atom. The zero-order valence-corrected chi connectivity index (χ0v) is 13.9. The van der Waals surface area contributed by atoms with Gasteiger partial charge in [-0.15, -0.1) is 0 Å². The number of rotatable bonds is 3. The second-order valence-corrected chi connectivity index (χ2v) is 7.45. The summed E-state index contributed by atoms with van der Waals surface area (Å²) in [6.45, 7) is 0.321. The van der Waals surface area contributed by atoms with E-state index >= 15 is 0 Å². The van der Waals surface area contributed by atoms with Gasteiger partial charge in [0.25, 0.3) is 5.91 Å². The van der Waals surface area contributed by atoms with E-state index in [4.69, 9.17) is 5.14 Å². The number of primary sulfonamides is 1. The second-order valence-electron chi connectivity index (χ2n) is 5.04. The van der Waals surface area contributed by atoms with Gasteiger partial charge >= 0.3 is 5.97 Å². The third kappa shape index (κ3) is 3.47. The number of carbonyl (C=O) groups excluding carboxylic acids is 1. The summed E-state index contributed by atoms with van der Waals surface area (Å²) in [5.41, 5.74) is 0.0830. The van der Waals surface area contributed by atoms with E-state index in [1.54, 1.807) is 0 Å². The number of hydrogen-bond acceptors (Lipinski definition) is 4. The molecule has 0 spiro atoms. The Morgan fingerprint density at radius 2 is 2.00 bits per heavy atom. The van der Waals surface area contributed by atoms with Crippen LogP contribution < -0.4 is 5.14 Å². The standard InChI is InChI=1S/C13H15BrN2O5S/c14-10-5-4-8(22(15,20)21)7-9(10)12(17)16-6-2-1-3-11(16)13(18)19/h4-5,7,11H,1-3,6H2,(H,18,19)(H2,15,20,21)/t11-/m1/s1. The van der Waals surface area contributed by atoms with Gasteiger partial charge in [0.05, 0.1) is 10.5 Å². The summed E-state index contributed by atoms with van der Waals surface area (Å²) in [7, 11) is -3.94. The summed E-state index contributed by atoms with van der Waals surface area (Å²) in [5, 5.41) is 14.3. The predicted molar refractivity (Wildman–Crippen MR) is 81.8 cm³/mol. The van der Waals surface area contributed by atoms with E-state index in [1.165, 1.54) is 17.0 Å². The molecule has 0 unspecified atom stereocenters. The molecule has 0 radical (unpaired) electrons. The van der Waals surface area contributed by atoms with E-state index in [0.29, 0.717) is 23.9 Å². The summed E-state index contributed by atoms with van der Waals surface area (Å²) in [6, 6.07) is 2.95. The molecule has 1 aliphatic heterocycles. The first-order valence-electron chi connectivity index (χ1n) is 6.58. The number of nitrogens with zero attached hydrogens (tertiary/aromatic N) is 1. The van der Waals surface area contributed by atoms with Crippen LogP contribution in [-0.2, 0) is 14.8 Å². The van der Waals surface area contributed by atoms with E-state index in [1.807, 2.05) is 0 Å². The quantitative estimate of drug-likeness (QED) is 0.802. The van der Waals surface area contributed by atoms with E-state index in [9.17, 15) is 23.1 Å². The van der Waals surface area contributed by atoms with Crippen LogP contribution in [0.5, 0.6) is 0 Å². The van der Waals surface area contributed by atoms with Crippen molar-refractivity contribution < 1.29 is 23.1 Å². The number of carboxylic acid groups (broad SMARTS) is 1. The highest BCUT2D eigenvalue weighted by molar-refractivity contribution is 9.10. The van der Waals surface area contributed by atoms with Crippen LogP contribution >= 0.6 is 15.9 Å². The van der Waals surface area contributed by atoms with E-state index < -0.39 is 27.9 Å². The lowest BCUT2D eigenvalue weighted by Crippen LogP contribution is -2.48. The first-order valence-corrected chi connectivity index (χ1v) is 8.92. The highest BCUT2D eigenvalue weighted by atomic mass is 79.9. The first-order chi connectivity index (χ1) is 10.2. The first kappa shape index (κ1) is 16.9. The van der Waals surface area contributed by atoms with Crippen molar-refractivity contribution in [1.29, 1.82) is 0 Å². The Hall–Kier alpha value is -1.45. The number of amides is 1. The second kappa shape index (κ2) is 6.35. The fourth-order valence-corrected chi connectivity index (χ4v) is 3.39. The lowest BCUT2D eigenvalue weighted by molar-refractivity contribution is -0.143. The minimum absolute atomic E-state index is 0.0830. The smallest absolute Gasteiger partial charge is 0.326 e. The summed E-state index contributed by atoms with van der Waals surface area (Å²) < 4.78 is 23.2. The molecule has 1 aliphatic rings. The Kier molecular flexibility index (Phi) is 4.88. The van der Waals surface area contributed by atoms with Gasteiger partial charge in [-0.25, -0.2) is 18.4 Å². The maximum Gasteiger partial charge on any atom is 0.326 e. The zero-order valence-electron chi connectivity index (χ0n) is 11.5. The average Bonchev–Trinajstić information content (AvgIpc) is 2.45. The van der Waals surface area contributed by atoms with Crippen molar-refractivity contribution in [2.24, 2.45) is 5.14 Å². The molecule has 1 aromatic rings. The molecule has 1 heterocycles. The molecule has 1 atom stereocenters. The van der Waals surface area contributed by atoms with Crippen molar-refractivity contribution in [1.82, 2.24) is 4.90 Å². The van der Waals surface area contributed by atoms with Gasteiger partial charge < -0.3 is 10.0 Å². The summed E-state index contributed by atoms with van der Waals surface area (Å²) in [5.74, 6) is -1.59. The molecular weight excluding hydrogens is 376 g/mol. The molecule has 1 amide bonds. The molecule has 3 N–H and O–H groups in total. The molecular formula is C13H15BrN2O5S. The van der Waals surface area contributed by atoms with Crippen molar-refractivity contribution in [3.63, 3.8) is 0 Å². The van der Waals surface area contributed by atoms with Gasteiger partial charge in [-0.2, -0.15) is 0 Å². The highest BCUT2D eigenvalue weighted by Crippen LogP contribution is 2.25.